The van der Waals surface area contributed by atoms with Gasteiger partial charge in [-0.3, -0.25) is 4.90 Å². The molecule has 1 amide bonds. The highest BCUT2D eigenvalue weighted by Gasteiger charge is 2.27. The van der Waals surface area contributed by atoms with Gasteiger partial charge in [0.15, 0.2) is 0 Å². The van der Waals surface area contributed by atoms with Crippen LogP contribution in [0.25, 0.3) is 0 Å². The number of nitrogens with zero attached hydrogens (tertiary/aromatic N) is 2. The first-order valence-electron chi connectivity index (χ1n) is 7.55. The third kappa shape index (κ3) is 5.25. The maximum absolute atomic E-state index is 12.5. The number of anilines is 1. The predicted octanol–water partition coefficient (Wildman–Crippen LogP) is 4.01. The van der Waals surface area contributed by atoms with Gasteiger partial charge in [-0.1, -0.05) is 0 Å². The normalized spacial score (nSPS) is 16.4. The minimum Gasteiger partial charge on any atom is -0.443 e. The molecule has 0 spiro atoms. The molecule has 1 aromatic rings. The van der Waals surface area contributed by atoms with Gasteiger partial charge >= 0.3 is 6.09 Å². The zero-order valence-corrected chi connectivity index (χ0v) is 14.9. The first-order chi connectivity index (χ1) is 10.3. The number of hydrogen-bond donors (Lipinski definition) is 0. The van der Waals surface area contributed by atoms with Crippen LogP contribution in [0.5, 0.6) is 0 Å². The minimum atomic E-state index is -0.527. The molecule has 5 nitrogen and oxygen atoms in total. The minimum absolute atomic E-state index is 0.353. The van der Waals surface area contributed by atoms with Gasteiger partial charge in [0.25, 0.3) is 0 Å². The Balaban J connectivity index is 2.15. The van der Waals surface area contributed by atoms with Gasteiger partial charge in [0.2, 0.25) is 0 Å². The van der Waals surface area contributed by atoms with Gasteiger partial charge < -0.3 is 9.47 Å². The lowest BCUT2D eigenvalue weighted by Crippen LogP contribution is -2.41. The van der Waals surface area contributed by atoms with E-state index in [1.807, 2.05) is 32.9 Å². The van der Waals surface area contributed by atoms with E-state index in [0.29, 0.717) is 18.3 Å². The summed E-state index contributed by atoms with van der Waals surface area (Å²) in [5.41, 5.74) is -0.527. The van der Waals surface area contributed by atoms with Crippen LogP contribution in [0.4, 0.5) is 10.6 Å². The first kappa shape index (κ1) is 17.2. The van der Waals surface area contributed by atoms with Crippen LogP contribution < -0.4 is 4.90 Å². The van der Waals surface area contributed by atoms with Crippen LogP contribution in [-0.4, -0.2) is 36.4 Å². The Morgan fingerprint density at radius 2 is 2.09 bits per heavy atom. The molecule has 2 heterocycles. The van der Waals surface area contributed by atoms with Crippen LogP contribution in [-0.2, 0) is 9.47 Å². The summed E-state index contributed by atoms with van der Waals surface area (Å²) in [5, 5.41) is 0. The van der Waals surface area contributed by atoms with Gasteiger partial charge in [0.1, 0.15) is 11.4 Å². The molecule has 0 radical (unpaired) electrons. The molecular weight excluding hydrogens is 348 g/mol. The van der Waals surface area contributed by atoms with Gasteiger partial charge in [-0.15, -0.1) is 0 Å². The number of ether oxygens (including phenoxy) is 2. The largest absolute Gasteiger partial charge is 0.443 e. The van der Waals surface area contributed by atoms with Crippen LogP contribution >= 0.6 is 15.9 Å². The third-order valence-electron chi connectivity index (χ3n) is 3.38. The Bertz CT molecular complexity index is 493. The summed E-state index contributed by atoms with van der Waals surface area (Å²) in [7, 11) is 0. The van der Waals surface area contributed by atoms with Crippen molar-refractivity contribution in [3.63, 3.8) is 0 Å². The number of hydrogen-bond acceptors (Lipinski definition) is 4. The van der Waals surface area contributed by atoms with Crippen molar-refractivity contribution in [2.24, 2.45) is 5.92 Å². The Morgan fingerprint density at radius 1 is 1.41 bits per heavy atom. The standard InChI is InChI=1S/C16H23BrN2O3/c1-16(2,3)22-15(20)19(11-12-6-8-21-9-7-12)14-5-4-13(17)10-18-14/h4-5,10,12H,6-9,11H2,1-3H3. The fourth-order valence-electron chi connectivity index (χ4n) is 2.29. The van der Waals surface area contributed by atoms with Crippen molar-refractivity contribution >= 4 is 27.8 Å². The van der Waals surface area contributed by atoms with Crippen molar-refractivity contribution in [3.05, 3.63) is 22.8 Å². The van der Waals surface area contributed by atoms with Crippen LogP contribution in [0.1, 0.15) is 33.6 Å². The van der Waals surface area contributed by atoms with Gasteiger partial charge in [-0.2, -0.15) is 0 Å². The highest BCUT2D eigenvalue weighted by atomic mass is 79.9. The summed E-state index contributed by atoms with van der Waals surface area (Å²) >= 11 is 3.37. The van der Waals surface area contributed by atoms with Crippen LogP contribution in [0.2, 0.25) is 0 Å². The van der Waals surface area contributed by atoms with Crippen molar-refractivity contribution < 1.29 is 14.3 Å². The van der Waals surface area contributed by atoms with E-state index in [-0.39, 0.29) is 6.09 Å². The monoisotopic (exact) mass is 370 g/mol. The summed E-state index contributed by atoms with van der Waals surface area (Å²) in [6.07, 6.45) is 3.25. The molecule has 0 bridgehead atoms. The summed E-state index contributed by atoms with van der Waals surface area (Å²) in [6.45, 7) is 7.71. The maximum atomic E-state index is 12.5. The lowest BCUT2D eigenvalue weighted by atomic mass is 10.00. The van der Waals surface area contributed by atoms with Crippen molar-refractivity contribution in [3.8, 4) is 0 Å². The van der Waals surface area contributed by atoms with Gasteiger partial charge in [0.05, 0.1) is 0 Å². The quantitative estimate of drug-likeness (QED) is 0.806. The molecule has 1 aliphatic heterocycles. The zero-order chi connectivity index (χ0) is 16.2. The topological polar surface area (TPSA) is 51.7 Å². The van der Waals surface area contributed by atoms with E-state index in [0.717, 1.165) is 30.5 Å². The van der Waals surface area contributed by atoms with E-state index < -0.39 is 5.60 Å². The number of pyridine rings is 1. The molecule has 2 rings (SSSR count). The number of carbonyl (C=O) groups is 1. The van der Waals surface area contributed by atoms with E-state index in [9.17, 15) is 4.79 Å². The Morgan fingerprint density at radius 3 is 2.64 bits per heavy atom. The second-order valence-electron chi connectivity index (χ2n) is 6.48. The SMILES string of the molecule is CC(C)(C)OC(=O)N(CC1CCOCC1)c1ccc(Br)cn1. The predicted molar refractivity (Wildman–Crippen MR) is 89.1 cm³/mol. The molecule has 0 saturated carbocycles. The molecule has 0 aromatic carbocycles. The highest BCUT2D eigenvalue weighted by Crippen LogP contribution is 2.23. The molecule has 1 aromatic heterocycles. The summed E-state index contributed by atoms with van der Waals surface area (Å²) in [5.74, 6) is 1.02. The Labute approximate surface area is 140 Å². The van der Waals surface area contributed by atoms with E-state index in [1.54, 1.807) is 11.1 Å². The van der Waals surface area contributed by atoms with E-state index in [1.165, 1.54) is 0 Å². The molecule has 122 valence electrons. The van der Waals surface area contributed by atoms with Crippen LogP contribution in [0.3, 0.4) is 0 Å². The molecule has 6 heteroatoms. The molecule has 1 saturated heterocycles. The molecule has 0 unspecified atom stereocenters. The van der Waals surface area contributed by atoms with Gasteiger partial charge in [-0.25, -0.2) is 9.78 Å². The lowest BCUT2D eigenvalue weighted by Gasteiger charge is -2.31. The molecule has 1 fully saturated rings. The van der Waals surface area contributed by atoms with Crippen molar-refractivity contribution in [2.75, 3.05) is 24.7 Å². The van der Waals surface area contributed by atoms with Crippen molar-refractivity contribution in [1.29, 1.82) is 0 Å². The second-order valence-corrected chi connectivity index (χ2v) is 7.40. The maximum Gasteiger partial charge on any atom is 0.416 e. The van der Waals surface area contributed by atoms with Gasteiger partial charge in [0, 0.05) is 30.4 Å². The third-order valence-corrected chi connectivity index (χ3v) is 3.85. The van der Waals surface area contributed by atoms with Crippen LogP contribution in [0.15, 0.2) is 22.8 Å². The lowest BCUT2D eigenvalue weighted by molar-refractivity contribution is 0.0513. The number of halogens is 1. The molecule has 1 aliphatic rings. The molecular formula is C16H23BrN2O3. The summed E-state index contributed by atoms with van der Waals surface area (Å²) in [6, 6.07) is 3.71. The molecule has 22 heavy (non-hydrogen) atoms. The molecule has 0 aliphatic carbocycles. The fraction of sp³-hybridized carbons (Fsp3) is 0.625. The molecule has 0 N–H and O–H groups in total. The average molecular weight is 371 g/mol. The van der Waals surface area contributed by atoms with Gasteiger partial charge in [-0.05, 0) is 67.6 Å². The average Bonchev–Trinajstić information content (AvgIpc) is 2.45. The van der Waals surface area contributed by atoms with E-state index >= 15 is 0 Å². The number of rotatable bonds is 3. The summed E-state index contributed by atoms with van der Waals surface area (Å²) < 4.78 is 11.8. The Hall–Kier alpha value is -1.14. The smallest absolute Gasteiger partial charge is 0.416 e. The van der Waals surface area contributed by atoms with E-state index in [2.05, 4.69) is 20.9 Å². The first-order valence-corrected chi connectivity index (χ1v) is 8.34. The van der Waals surface area contributed by atoms with Crippen molar-refractivity contribution in [1.82, 2.24) is 4.98 Å². The van der Waals surface area contributed by atoms with Crippen molar-refractivity contribution in [2.45, 2.75) is 39.2 Å². The number of amides is 1. The fourth-order valence-corrected chi connectivity index (χ4v) is 2.53. The number of aromatic nitrogens is 1. The number of carbonyl (C=O) groups excluding carboxylic acids is 1. The summed E-state index contributed by atoms with van der Waals surface area (Å²) in [4.78, 5) is 18.5. The Kier molecular flexibility index (Phi) is 5.81. The van der Waals surface area contributed by atoms with E-state index in [4.69, 9.17) is 9.47 Å². The zero-order valence-electron chi connectivity index (χ0n) is 13.3. The second kappa shape index (κ2) is 7.42. The molecule has 0 atom stereocenters. The highest BCUT2D eigenvalue weighted by molar-refractivity contribution is 9.10. The van der Waals surface area contributed by atoms with Crippen LogP contribution in [0, 0.1) is 5.92 Å².